The maximum Gasteiger partial charge on any atom is 0.279 e. The van der Waals surface area contributed by atoms with Gasteiger partial charge in [-0.2, -0.15) is 0 Å². The molecule has 5 heteroatoms. The lowest BCUT2D eigenvalue weighted by atomic mass is 9.75. The van der Waals surface area contributed by atoms with Crippen LogP contribution in [0.5, 0.6) is 0 Å². The van der Waals surface area contributed by atoms with Crippen LogP contribution in [0.15, 0.2) is 24.3 Å². The van der Waals surface area contributed by atoms with Crippen LogP contribution in [0.2, 0.25) is 0 Å². The van der Waals surface area contributed by atoms with Crippen molar-refractivity contribution in [3.63, 3.8) is 0 Å². The summed E-state index contributed by atoms with van der Waals surface area (Å²) in [5.74, 6) is 1.62. The Morgan fingerprint density at radius 1 is 1.00 bits per heavy atom. The topological polar surface area (TPSA) is 62.6 Å². The van der Waals surface area contributed by atoms with Gasteiger partial charge in [-0.3, -0.25) is 9.59 Å². The Labute approximate surface area is 155 Å². The quantitative estimate of drug-likeness (QED) is 0.751. The molecular weight excluding hydrogens is 326 g/mol. The fourth-order valence-corrected chi connectivity index (χ4v) is 4.66. The molecule has 3 atom stereocenters. The van der Waals surface area contributed by atoms with Crippen molar-refractivity contribution in [2.75, 3.05) is 25.0 Å². The molecule has 4 rings (SSSR count). The number of likely N-dealkylation sites (tertiary alicyclic amines) is 1. The van der Waals surface area contributed by atoms with Gasteiger partial charge in [-0.05, 0) is 50.2 Å². The summed E-state index contributed by atoms with van der Waals surface area (Å²) in [4.78, 5) is 26.4. The highest BCUT2D eigenvalue weighted by Gasteiger charge is 2.34. The van der Waals surface area contributed by atoms with E-state index in [1.54, 1.807) is 6.07 Å². The molecule has 1 unspecified atom stereocenters. The Hall–Kier alpha value is -1.88. The molecule has 1 aromatic rings. The van der Waals surface area contributed by atoms with Gasteiger partial charge in [0, 0.05) is 12.0 Å². The molecule has 3 aliphatic rings. The molecule has 3 fully saturated rings. The van der Waals surface area contributed by atoms with E-state index in [1.165, 1.54) is 37.0 Å². The Kier molecular flexibility index (Phi) is 5.25. The van der Waals surface area contributed by atoms with E-state index in [0.29, 0.717) is 23.8 Å². The first-order valence-corrected chi connectivity index (χ1v) is 10.2. The summed E-state index contributed by atoms with van der Waals surface area (Å²) in [5, 5.41) is 5.98. The maximum absolute atomic E-state index is 12.6. The molecule has 1 aliphatic heterocycles. The van der Waals surface area contributed by atoms with Crippen LogP contribution in [0.3, 0.4) is 0 Å². The Bertz CT molecular complexity index is 671. The molecule has 140 valence electrons. The summed E-state index contributed by atoms with van der Waals surface area (Å²) < 4.78 is 0. The monoisotopic (exact) mass is 356 g/mol. The zero-order valence-electron chi connectivity index (χ0n) is 15.4. The number of anilines is 1. The summed E-state index contributed by atoms with van der Waals surface area (Å²) in [6, 6.07) is 7.63. The molecule has 2 saturated carbocycles. The van der Waals surface area contributed by atoms with Crippen LogP contribution in [-0.4, -0.2) is 37.5 Å². The van der Waals surface area contributed by atoms with Crippen molar-refractivity contribution >= 4 is 17.5 Å². The maximum atomic E-state index is 12.6. The zero-order valence-corrected chi connectivity index (χ0v) is 15.4. The van der Waals surface area contributed by atoms with E-state index in [1.807, 2.05) is 18.2 Å². The number of amides is 2. The summed E-state index contributed by atoms with van der Waals surface area (Å²) in [6.45, 7) is 2.72. The highest BCUT2D eigenvalue weighted by Crippen LogP contribution is 2.32. The molecule has 0 aromatic heterocycles. The average Bonchev–Trinajstić information content (AvgIpc) is 3.46. The fourth-order valence-electron chi connectivity index (χ4n) is 4.66. The van der Waals surface area contributed by atoms with Gasteiger partial charge in [0.25, 0.3) is 11.8 Å². The highest BCUT2D eigenvalue weighted by atomic mass is 16.2. The van der Waals surface area contributed by atoms with Crippen molar-refractivity contribution in [1.29, 1.82) is 0 Å². The van der Waals surface area contributed by atoms with Gasteiger partial charge in [-0.15, -0.1) is 0 Å². The number of para-hydroxylation sites is 1. The molecule has 3 N–H and O–H groups in total. The van der Waals surface area contributed by atoms with Crippen LogP contribution in [0.1, 0.15) is 55.3 Å². The number of benzene rings is 1. The second kappa shape index (κ2) is 7.78. The Morgan fingerprint density at radius 3 is 2.58 bits per heavy atom. The van der Waals surface area contributed by atoms with Crippen LogP contribution in [-0.2, 0) is 4.79 Å². The Balaban J connectivity index is 1.34. The van der Waals surface area contributed by atoms with E-state index in [0.717, 1.165) is 37.8 Å². The van der Waals surface area contributed by atoms with Crippen LogP contribution in [0.25, 0.3) is 0 Å². The summed E-state index contributed by atoms with van der Waals surface area (Å²) in [6.07, 6.45) is 8.82. The predicted octanol–water partition coefficient (Wildman–Crippen LogP) is 1.61. The molecular formula is C21H30N3O2+. The zero-order chi connectivity index (χ0) is 17.9. The van der Waals surface area contributed by atoms with E-state index >= 15 is 0 Å². The van der Waals surface area contributed by atoms with Gasteiger partial charge in [0.2, 0.25) is 0 Å². The average molecular weight is 356 g/mol. The summed E-state index contributed by atoms with van der Waals surface area (Å²) >= 11 is 0. The molecule has 1 saturated heterocycles. The number of hydrogen-bond donors (Lipinski definition) is 3. The highest BCUT2D eigenvalue weighted by molar-refractivity contribution is 6.04. The smallest absolute Gasteiger partial charge is 0.279 e. The van der Waals surface area contributed by atoms with Crippen molar-refractivity contribution in [2.24, 2.45) is 11.8 Å². The molecule has 5 nitrogen and oxygen atoms in total. The lowest BCUT2D eigenvalue weighted by Gasteiger charge is -2.38. The molecule has 1 aromatic carbocycles. The van der Waals surface area contributed by atoms with E-state index in [4.69, 9.17) is 0 Å². The van der Waals surface area contributed by atoms with E-state index in [-0.39, 0.29) is 11.8 Å². The van der Waals surface area contributed by atoms with Crippen molar-refractivity contribution in [3.8, 4) is 0 Å². The predicted molar refractivity (Wildman–Crippen MR) is 101 cm³/mol. The lowest BCUT2D eigenvalue weighted by Crippen LogP contribution is -3.15. The largest absolute Gasteiger partial charge is 0.349 e. The first-order valence-electron chi connectivity index (χ1n) is 10.2. The standard InChI is InChI=1S/C21H29N3O2/c25-20(14-24-12-11-15-5-1-2-6-16(15)13-24)23-19-8-4-3-7-18(19)21(26)22-17-9-10-17/h3-4,7-8,15-17H,1-2,5-6,9-14H2,(H,22,26)(H,23,25)/p+1/t15-,16+/m0/s1. The van der Waals surface area contributed by atoms with Crippen LogP contribution >= 0.6 is 0 Å². The molecule has 2 aliphatic carbocycles. The van der Waals surface area contributed by atoms with Gasteiger partial charge in [0.15, 0.2) is 6.54 Å². The van der Waals surface area contributed by atoms with Gasteiger partial charge < -0.3 is 15.5 Å². The number of piperidine rings is 1. The van der Waals surface area contributed by atoms with Gasteiger partial charge in [-0.1, -0.05) is 25.0 Å². The molecule has 0 spiro atoms. The first kappa shape index (κ1) is 17.5. The van der Waals surface area contributed by atoms with Gasteiger partial charge in [0.1, 0.15) is 0 Å². The normalized spacial score (nSPS) is 28.1. The minimum Gasteiger partial charge on any atom is -0.349 e. The fraction of sp³-hybridized carbons (Fsp3) is 0.619. The second-order valence-corrected chi connectivity index (χ2v) is 8.32. The number of carbonyl (C=O) groups excluding carboxylic acids is 2. The van der Waals surface area contributed by atoms with Crippen molar-refractivity contribution in [1.82, 2.24) is 5.32 Å². The summed E-state index contributed by atoms with van der Waals surface area (Å²) in [5.41, 5.74) is 1.19. The third-order valence-electron chi connectivity index (χ3n) is 6.25. The molecule has 0 radical (unpaired) electrons. The van der Waals surface area contributed by atoms with Crippen LogP contribution in [0.4, 0.5) is 5.69 Å². The SMILES string of the molecule is O=C(C[NH+]1CC[C@@H]2CCCC[C@@H]2C1)Nc1ccccc1C(=O)NC1CC1. The van der Waals surface area contributed by atoms with Crippen molar-refractivity contribution in [2.45, 2.75) is 51.0 Å². The minimum absolute atomic E-state index is 0.0148. The number of carbonyl (C=O) groups is 2. The Morgan fingerprint density at radius 2 is 1.77 bits per heavy atom. The first-order chi connectivity index (χ1) is 12.7. The van der Waals surface area contributed by atoms with Gasteiger partial charge >= 0.3 is 0 Å². The molecule has 1 heterocycles. The molecule has 26 heavy (non-hydrogen) atoms. The number of rotatable bonds is 5. The number of fused-ring (bicyclic) bond motifs is 1. The third-order valence-corrected chi connectivity index (χ3v) is 6.25. The number of hydrogen-bond acceptors (Lipinski definition) is 2. The molecule has 0 bridgehead atoms. The minimum atomic E-state index is -0.0845. The van der Waals surface area contributed by atoms with Crippen LogP contribution in [0, 0.1) is 11.8 Å². The number of nitrogens with one attached hydrogen (secondary N) is 3. The van der Waals surface area contributed by atoms with Crippen molar-refractivity contribution in [3.05, 3.63) is 29.8 Å². The molecule has 2 amide bonds. The van der Waals surface area contributed by atoms with Crippen LogP contribution < -0.4 is 15.5 Å². The third kappa shape index (κ3) is 4.26. The van der Waals surface area contributed by atoms with E-state index < -0.39 is 0 Å². The van der Waals surface area contributed by atoms with E-state index in [9.17, 15) is 9.59 Å². The second-order valence-electron chi connectivity index (χ2n) is 8.32. The van der Waals surface area contributed by atoms with Gasteiger partial charge in [0.05, 0.1) is 24.3 Å². The van der Waals surface area contributed by atoms with E-state index in [2.05, 4.69) is 10.6 Å². The van der Waals surface area contributed by atoms with Gasteiger partial charge in [-0.25, -0.2) is 0 Å². The van der Waals surface area contributed by atoms with Crippen molar-refractivity contribution < 1.29 is 14.5 Å². The number of quaternary nitrogens is 1. The lowest BCUT2D eigenvalue weighted by molar-refractivity contribution is -0.902. The summed E-state index contributed by atoms with van der Waals surface area (Å²) in [7, 11) is 0.